The number of carboxylic acid groups (broad SMARTS) is 1. The minimum atomic E-state index is -1.01. The molecule has 0 bridgehead atoms. The predicted molar refractivity (Wildman–Crippen MR) is 142 cm³/mol. The van der Waals surface area contributed by atoms with Gasteiger partial charge in [-0.3, -0.25) is 9.69 Å². The Morgan fingerprint density at radius 1 is 1.30 bits per heavy atom. The van der Waals surface area contributed by atoms with E-state index in [1.165, 1.54) is 30.7 Å². The van der Waals surface area contributed by atoms with E-state index in [1.807, 2.05) is 11.8 Å². The number of nitrogens with one attached hydrogen (secondary N) is 1. The number of pyridine rings is 1. The van der Waals surface area contributed by atoms with Crippen molar-refractivity contribution in [1.82, 2.24) is 9.88 Å². The van der Waals surface area contributed by atoms with Gasteiger partial charge in [0.15, 0.2) is 11.6 Å². The number of carboxylic acids is 1. The Bertz CT molecular complexity index is 1090. The van der Waals surface area contributed by atoms with Crippen molar-refractivity contribution < 1.29 is 23.8 Å². The quantitative estimate of drug-likeness (QED) is 0.383. The van der Waals surface area contributed by atoms with Crippen LogP contribution < -0.4 is 10.1 Å². The summed E-state index contributed by atoms with van der Waals surface area (Å²) in [6, 6.07) is 4.43. The molecule has 3 heterocycles. The fourth-order valence-electron chi connectivity index (χ4n) is 5.57. The van der Waals surface area contributed by atoms with Crippen molar-refractivity contribution in [3.8, 4) is 5.75 Å². The van der Waals surface area contributed by atoms with Gasteiger partial charge in [-0.15, -0.1) is 0 Å². The molecule has 0 saturated carbocycles. The molecule has 1 aromatic heterocycles. The number of nitrogens with zero attached hydrogens (tertiary/aromatic N) is 2. The Morgan fingerprint density at radius 2 is 2.14 bits per heavy atom. The summed E-state index contributed by atoms with van der Waals surface area (Å²) in [6.45, 7) is 6.84. The summed E-state index contributed by atoms with van der Waals surface area (Å²) in [5.74, 6) is -0.454. The van der Waals surface area contributed by atoms with E-state index < -0.39 is 17.8 Å². The molecular formula is C29H40FN3O4. The number of anilines is 1. The largest absolute Gasteiger partial charge is 0.493 e. The molecule has 0 radical (unpaired) electrons. The smallest absolute Gasteiger partial charge is 0.325 e. The third-order valence-electron chi connectivity index (χ3n) is 7.54. The Hall–Kier alpha value is -2.71. The molecule has 4 rings (SSSR count). The zero-order chi connectivity index (χ0) is 26.4. The topological polar surface area (TPSA) is 83.9 Å². The zero-order valence-corrected chi connectivity index (χ0v) is 22.3. The molecule has 8 heteroatoms. The molecule has 0 aliphatic carbocycles. The number of methoxy groups -OCH3 is 1. The fourth-order valence-corrected chi connectivity index (χ4v) is 5.57. The Balaban J connectivity index is 1.24. The van der Waals surface area contributed by atoms with Gasteiger partial charge in [0.25, 0.3) is 0 Å². The molecule has 202 valence electrons. The highest BCUT2D eigenvalue weighted by atomic mass is 19.1. The monoisotopic (exact) mass is 513 g/mol. The maximum atomic E-state index is 14.6. The van der Waals surface area contributed by atoms with Gasteiger partial charge in [0, 0.05) is 37.5 Å². The van der Waals surface area contributed by atoms with Crippen LogP contribution in [-0.4, -0.2) is 60.4 Å². The number of rotatable bonds is 12. The van der Waals surface area contributed by atoms with E-state index in [-0.39, 0.29) is 11.9 Å². The second-order valence-electron chi connectivity index (χ2n) is 10.2. The summed E-state index contributed by atoms with van der Waals surface area (Å²) < 4.78 is 25.9. The Kier molecular flexibility index (Phi) is 9.38. The molecule has 7 nitrogen and oxygen atoms in total. The number of likely N-dealkylation sites (tertiary alicyclic amines) is 1. The van der Waals surface area contributed by atoms with E-state index >= 15 is 0 Å². The third kappa shape index (κ3) is 6.60. The highest BCUT2D eigenvalue weighted by molar-refractivity contribution is 5.77. The number of aliphatic carboxylic acids is 1. The number of hydrogen-bond donors (Lipinski definition) is 2. The second kappa shape index (κ2) is 12.7. The Morgan fingerprint density at radius 3 is 2.89 bits per heavy atom. The molecule has 0 amide bonds. The lowest BCUT2D eigenvalue weighted by atomic mass is 10.00. The van der Waals surface area contributed by atoms with Crippen molar-refractivity contribution in [2.24, 2.45) is 0 Å². The molecule has 2 atom stereocenters. The number of benzene rings is 1. The highest BCUT2D eigenvalue weighted by Gasteiger charge is 2.36. The number of unbranched alkanes of at least 4 members (excludes halogenated alkanes) is 2. The lowest BCUT2D eigenvalue weighted by molar-refractivity contribution is -0.143. The summed E-state index contributed by atoms with van der Waals surface area (Å²) in [6.07, 6.45) is 7.66. The number of fused-ring (bicyclic) bond motifs is 1. The molecule has 0 spiro atoms. The molecule has 2 N–H and O–H groups in total. The molecule has 2 aliphatic rings. The first-order valence-electron chi connectivity index (χ1n) is 13.6. The number of hydrogen-bond acceptors (Lipinski definition) is 6. The SMILES string of the molecule is CCc1cc(F)c(OC)c([C@H](C(=O)O)N2CC[C@@H](OCCCCCc3cc(C)c4c(n3)NCCC4)C2)c1. The van der Waals surface area contributed by atoms with E-state index in [9.17, 15) is 14.3 Å². The van der Waals surface area contributed by atoms with E-state index in [0.717, 1.165) is 62.1 Å². The molecule has 37 heavy (non-hydrogen) atoms. The molecule has 0 unspecified atom stereocenters. The van der Waals surface area contributed by atoms with Gasteiger partial charge in [-0.05, 0) is 86.8 Å². The third-order valence-corrected chi connectivity index (χ3v) is 7.54. The van der Waals surface area contributed by atoms with Crippen molar-refractivity contribution in [3.63, 3.8) is 0 Å². The molecule has 1 aromatic carbocycles. The van der Waals surface area contributed by atoms with Gasteiger partial charge >= 0.3 is 5.97 Å². The van der Waals surface area contributed by atoms with Crippen molar-refractivity contribution in [3.05, 3.63) is 52.0 Å². The van der Waals surface area contributed by atoms with Crippen LogP contribution in [0.2, 0.25) is 0 Å². The van der Waals surface area contributed by atoms with Gasteiger partial charge in [-0.1, -0.05) is 13.3 Å². The predicted octanol–water partition coefficient (Wildman–Crippen LogP) is 5.09. The van der Waals surface area contributed by atoms with Crippen LogP contribution in [0.25, 0.3) is 0 Å². The maximum Gasteiger partial charge on any atom is 0.325 e. The first-order chi connectivity index (χ1) is 17.9. The lowest BCUT2D eigenvalue weighted by Crippen LogP contribution is -2.34. The first-order valence-corrected chi connectivity index (χ1v) is 13.6. The maximum absolute atomic E-state index is 14.6. The van der Waals surface area contributed by atoms with Gasteiger partial charge in [-0.25, -0.2) is 9.37 Å². The van der Waals surface area contributed by atoms with Crippen LogP contribution in [0, 0.1) is 12.7 Å². The first kappa shape index (κ1) is 27.3. The normalized spacial score (nSPS) is 18.3. The summed E-state index contributed by atoms with van der Waals surface area (Å²) in [5.41, 5.74) is 4.97. The minimum absolute atomic E-state index is 0.00774. The molecule has 1 saturated heterocycles. The lowest BCUT2D eigenvalue weighted by Gasteiger charge is -2.26. The van der Waals surface area contributed by atoms with Gasteiger partial charge < -0.3 is 19.9 Å². The van der Waals surface area contributed by atoms with Crippen LogP contribution in [0.4, 0.5) is 10.2 Å². The standard InChI is InChI=1S/C29H40FN3O4/c1-4-20-16-24(27(36-3)25(30)17-20)26(29(34)35)33-13-11-22(18-33)37-14-7-5-6-9-21-15-19(2)23-10-8-12-31-28(23)32-21/h15-17,22,26H,4-14,18H2,1-3H3,(H,31,32)(H,34,35)/t22-,26-/m1/s1. The van der Waals surface area contributed by atoms with E-state index in [2.05, 4.69) is 18.3 Å². The second-order valence-corrected chi connectivity index (χ2v) is 10.2. The van der Waals surface area contributed by atoms with Gasteiger partial charge in [0.1, 0.15) is 11.9 Å². The minimum Gasteiger partial charge on any atom is -0.493 e. The van der Waals surface area contributed by atoms with Crippen LogP contribution >= 0.6 is 0 Å². The van der Waals surface area contributed by atoms with Crippen LogP contribution in [0.5, 0.6) is 5.75 Å². The van der Waals surface area contributed by atoms with Crippen LogP contribution in [0.3, 0.4) is 0 Å². The van der Waals surface area contributed by atoms with Crippen molar-refractivity contribution in [2.75, 3.05) is 38.7 Å². The summed E-state index contributed by atoms with van der Waals surface area (Å²) in [7, 11) is 1.38. The number of carbonyl (C=O) groups is 1. The fraction of sp³-hybridized carbons (Fsp3) is 0.586. The van der Waals surface area contributed by atoms with Crippen molar-refractivity contribution in [2.45, 2.75) is 77.4 Å². The summed E-state index contributed by atoms with van der Waals surface area (Å²) in [5, 5.41) is 13.5. The summed E-state index contributed by atoms with van der Waals surface area (Å²) in [4.78, 5) is 18.9. The van der Waals surface area contributed by atoms with E-state index in [1.54, 1.807) is 6.07 Å². The van der Waals surface area contributed by atoms with E-state index in [4.69, 9.17) is 14.5 Å². The van der Waals surface area contributed by atoms with Gasteiger partial charge in [0.05, 0.1) is 13.2 Å². The molecular weight excluding hydrogens is 473 g/mol. The Labute approximate surface area is 219 Å². The number of aromatic nitrogens is 1. The van der Waals surface area contributed by atoms with Gasteiger partial charge in [-0.2, -0.15) is 0 Å². The average Bonchev–Trinajstić information content (AvgIpc) is 3.34. The molecule has 2 aromatic rings. The van der Waals surface area contributed by atoms with Crippen LogP contribution in [0.15, 0.2) is 18.2 Å². The average molecular weight is 514 g/mol. The van der Waals surface area contributed by atoms with Crippen LogP contribution in [0.1, 0.15) is 73.0 Å². The summed E-state index contributed by atoms with van der Waals surface area (Å²) >= 11 is 0. The number of ether oxygens (including phenoxy) is 2. The van der Waals surface area contributed by atoms with Crippen molar-refractivity contribution in [1.29, 1.82) is 0 Å². The molecule has 2 aliphatic heterocycles. The van der Waals surface area contributed by atoms with Crippen LogP contribution in [-0.2, 0) is 28.8 Å². The number of aryl methyl sites for hydroxylation is 3. The van der Waals surface area contributed by atoms with Crippen molar-refractivity contribution >= 4 is 11.8 Å². The zero-order valence-electron chi connectivity index (χ0n) is 22.3. The van der Waals surface area contributed by atoms with Gasteiger partial charge in [0.2, 0.25) is 0 Å². The number of halogens is 1. The highest BCUT2D eigenvalue weighted by Crippen LogP contribution is 2.35. The van der Waals surface area contributed by atoms with E-state index in [0.29, 0.717) is 31.7 Å². The molecule has 1 fully saturated rings.